The number of benzene rings is 2. The summed E-state index contributed by atoms with van der Waals surface area (Å²) in [5, 5.41) is 2.71. The van der Waals surface area contributed by atoms with Crippen molar-refractivity contribution < 1.29 is 9.18 Å². The van der Waals surface area contributed by atoms with Gasteiger partial charge in [0.25, 0.3) is 5.91 Å². The highest BCUT2D eigenvalue weighted by Gasteiger charge is 2.12. The molecule has 6 heteroatoms. The normalized spacial score (nSPS) is 10.3. The molecule has 0 saturated heterocycles. The van der Waals surface area contributed by atoms with Crippen LogP contribution in [0.4, 0.5) is 15.8 Å². The first kappa shape index (κ1) is 14.3. The van der Waals surface area contributed by atoms with Gasteiger partial charge in [-0.2, -0.15) is 0 Å². The molecule has 0 unspecified atom stereocenters. The highest BCUT2D eigenvalue weighted by molar-refractivity contribution is 14.1. The Morgan fingerprint density at radius 2 is 2.00 bits per heavy atom. The van der Waals surface area contributed by atoms with E-state index in [1.54, 1.807) is 18.2 Å². The fraction of sp³-hybridized carbons (Fsp3) is 0. The van der Waals surface area contributed by atoms with Gasteiger partial charge in [0.05, 0.1) is 11.3 Å². The van der Waals surface area contributed by atoms with E-state index in [1.807, 2.05) is 22.6 Å². The summed E-state index contributed by atoms with van der Waals surface area (Å²) in [6, 6.07) is 9.20. The number of amides is 1. The first-order chi connectivity index (χ1) is 8.97. The molecule has 0 aliphatic heterocycles. The number of hydrogen-bond acceptors (Lipinski definition) is 2. The van der Waals surface area contributed by atoms with Crippen LogP contribution < -0.4 is 11.1 Å². The lowest BCUT2D eigenvalue weighted by Crippen LogP contribution is -2.14. The summed E-state index contributed by atoms with van der Waals surface area (Å²) in [5.74, 6) is -0.673. The second-order valence-corrected chi connectivity index (χ2v) is 5.89. The molecule has 98 valence electrons. The second-order valence-electron chi connectivity index (χ2n) is 3.81. The van der Waals surface area contributed by atoms with Gasteiger partial charge < -0.3 is 11.1 Å². The molecule has 0 aliphatic rings. The van der Waals surface area contributed by atoms with Crippen molar-refractivity contribution >= 4 is 55.8 Å². The van der Waals surface area contributed by atoms with E-state index in [1.165, 1.54) is 18.2 Å². The Balaban J connectivity index is 2.28. The van der Waals surface area contributed by atoms with E-state index in [9.17, 15) is 9.18 Å². The number of carbonyl (C=O) groups is 1. The number of nitrogens with one attached hydrogen (secondary N) is 1. The number of hydrogen-bond donors (Lipinski definition) is 2. The molecule has 0 fully saturated rings. The second kappa shape index (κ2) is 5.87. The summed E-state index contributed by atoms with van der Waals surface area (Å²) in [4.78, 5) is 12.1. The molecule has 1 amide bonds. The van der Waals surface area contributed by atoms with Gasteiger partial charge in [-0.05, 0) is 59.0 Å². The molecular formula is C13H9BrFIN2O. The van der Waals surface area contributed by atoms with Gasteiger partial charge >= 0.3 is 0 Å². The number of halogens is 3. The third kappa shape index (κ3) is 3.44. The minimum atomic E-state index is -0.343. The van der Waals surface area contributed by atoms with Crippen LogP contribution in [0.3, 0.4) is 0 Å². The van der Waals surface area contributed by atoms with Crippen LogP contribution in [0.1, 0.15) is 10.4 Å². The lowest BCUT2D eigenvalue weighted by atomic mass is 10.1. The molecule has 0 saturated carbocycles. The van der Waals surface area contributed by atoms with Gasteiger partial charge in [-0.3, -0.25) is 4.79 Å². The van der Waals surface area contributed by atoms with Gasteiger partial charge in [0.2, 0.25) is 0 Å². The van der Waals surface area contributed by atoms with Crippen LogP contribution in [0, 0.1) is 9.39 Å². The Morgan fingerprint density at radius 3 is 2.68 bits per heavy atom. The number of anilines is 2. The van der Waals surface area contributed by atoms with Crippen molar-refractivity contribution in [2.45, 2.75) is 0 Å². The smallest absolute Gasteiger partial charge is 0.257 e. The van der Waals surface area contributed by atoms with E-state index in [4.69, 9.17) is 5.73 Å². The molecule has 2 aromatic carbocycles. The lowest BCUT2D eigenvalue weighted by molar-refractivity contribution is 0.102. The highest BCUT2D eigenvalue weighted by atomic mass is 127. The van der Waals surface area contributed by atoms with E-state index in [0.29, 0.717) is 20.5 Å². The standard InChI is InChI=1S/C13H9BrFIN2O/c14-7-1-3-11(17)9(5-7)13(19)18-12-4-2-8(15)6-10(12)16/h1-6H,17H2,(H,18,19). The summed E-state index contributed by atoms with van der Waals surface area (Å²) >= 11 is 5.25. The first-order valence-electron chi connectivity index (χ1n) is 5.29. The molecule has 0 aliphatic carbocycles. The van der Waals surface area contributed by atoms with Crippen molar-refractivity contribution in [3.63, 3.8) is 0 Å². The Morgan fingerprint density at radius 1 is 1.26 bits per heavy atom. The lowest BCUT2D eigenvalue weighted by Gasteiger charge is -2.09. The quantitative estimate of drug-likeness (QED) is 0.553. The number of nitrogen functional groups attached to an aromatic ring is 1. The summed E-state index contributed by atoms with van der Waals surface area (Å²) < 4.78 is 14.4. The van der Waals surface area contributed by atoms with Gasteiger partial charge in [0.15, 0.2) is 0 Å². The molecule has 2 rings (SSSR count). The third-order valence-electron chi connectivity index (χ3n) is 2.44. The van der Waals surface area contributed by atoms with Crippen molar-refractivity contribution in [1.82, 2.24) is 0 Å². The van der Waals surface area contributed by atoms with Crippen LogP contribution in [0.25, 0.3) is 0 Å². The SMILES string of the molecule is Nc1ccc(Br)cc1C(=O)Nc1ccc(F)cc1I. The van der Waals surface area contributed by atoms with E-state index < -0.39 is 0 Å². The third-order valence-corrected chi connectivity index (χ3v) is 3.83. The monoisotopic (exact) mass is 434 g/mol. The molecule has 0 atom stereocenters. The number of nitrogens with two attached hydrogens (primary N) is 1. The minimum Gasteiger partial charge on any atom is -0.398 e. The van der Waals surface area contributed by atoms with Gasteiger partial charge in [0.1, 0.15) is 5.82 Å². The molecule has 0 bridgehead atoms. The van der Waals surface area contributed by atoms with Crippen molar-refractivity contribution in [2.75, 3.05) is 11.1 Å². The maximum Gasteiger partial charge on any atom is 0.257 e. The van der Waals surface area contributed by atoms with Crippen molar-refractivity contribution in [2.24, 2.45) is 0 Å². The maximum absolute atomic E-state index is 13.0. The largest absolute Gasteiger partial charge is 0.398 e. The van der Waals surface area contributed by atoms with Crippen LogP contribution in [0.2, 0.25) is 0 Å². The fourth-order valence-electron chi connectivity index (χ4n) is 1.51. The van der Waals surface area contributed by atoms with Crippen molar-refractivity contribution in [1.29, 1.82) is 0 Å². The van der Waals surface area contributed by atoms with Gasteiger partial charge in [-0.25, -0.2) is 4.39 Å². The Hall–Kier alpha value is -1.15. The number of rotatable bonds is 2. The molecular weight excluding hydrogens is 426 g/mol. The zero-order valence-electron chi connectivity index (χ0n) is 9.58. The maximum atomic E-state index is 13.0. The fourth-order valence-corrected chi connectivity index (χ4v) is 2.48. The average molecular weight is 435 g/mol. The zero-order valence-corrected chi connectivity index (χ0v) is 13.3. The zero-order chi connectivity index (χ0) is 14.0. The summed E-state index contributed by atoms with van der Waals surface area (Å²) in [7, 11) is 0. The van der Waals surface area contributed by atoms with E-state index in [0.717, 1.165) is 4.47 Å². The highest BCUT2D eigenvalue weighted by Crippen LogP contribution is 2.23. The van der Waals surface area contributed by atoms with Gasteiger partial charge in [0, 0.05) is 13.7 Å². The van der Waals surface area contributed by atoms with Crippen LogP contribution >= 0.6 is 38.5 Å². The molecule has 3 nitrogen and oxygen atoms in total. The Kier molecular flexibility index (Phi) is 4.41. The summed E-state index contributed by atoms with van der Waals surface area (Å²) in [6.45, 7) is 0. The van der Waals surface area contributed by atoms with Crippen molar-refractivity contribution in [3.05, 3.63) is 55.8 Å². The summed E-state index contributed by atoms with van der Waals surface area (Å²) in [5.41, 5.74) is 7.07. The van der Waals surface area contributed by atoms with Crippen LogP contribution in [-0.4, -0.2) is 5.91 Å². The van der Waals surface area contributed by atoms with E-state index in [-0.39, 0.29) is 11.7 Å². The van der Waals surface area contributed by atoms with E-state index in [2.05, 4.69) is 21.2 Å². The average Bonchev–Trinajstić information content (AvgIpc) is 2.35. The minimum absolute atomic E-state index is 0.330. The molecule has 0 heterocycles. The van der Waals surface area contributed by atoms with Crippen LogP contribution in [0.15, 0.2) is 40.9 Å². The first-order valence-corrected chi connectivity index (χ1v) is 7.16. The topological polar surface area (TPSA) is 55.1 Å². The molecule has 0 aromatic heterocycles. The van der Waals surface area contributed by atoms with Crippen molar-refractivity contribution in [3.8, 4) is 0 Å². The summed E-state index contributed by atoms with van der Waals surface area (Å²) in [6.07, 6.45) is 0. The Labute approximate surface area is 131 Å². The molecule has 3 N–H and O–H groups in total. The van der Waals surface area contributed by atoms with Gasteiger partial charge in [-0.15, -0.1) is 0 Å². The predicted octanol–water partition coefficient (Wildman–Crippen LogP) is 4.03. The van der Waals surface area contributed by atoms with Crippen LogP contribution in [-0.2, 0) is 0 Å². The van der Waals surface area contributed by atoms with Gasteiger partial charge in [-0.1, -0.05) is 15.9 Å². The van der Waals surface area contributed by atoms with Crippen LogP contribution in [0.5, 0.6) is 0 Å². The Bertz CT molecular complexity index is 649. The molecule has 0 radical (unpaired) electrons. The number of carbonyl (C=O) groups excluding carboxylic acids is 1. The van der Waals surface area contributed by atoms with E-state index >= 15 is 0 Å². The molecule has 0 spiro atoms. The predicted molar refractivity (Wildman–Crippen MR) is 85.6 cm³/mol. The molecule has 19 heavy (non-hydrogen) atoms. The molecule has 2 aromatic rings.